The van der Waals surface area contributed by atoms with E-state index in [0.29, 0.717) is 19.4 Å². The van der Waals surface area contributed by atoms with Crippen molar-refractivity contribution in [3.05, 3.63) is 0 Å². The van der Waals surface area contributed by atoms with Gasteiger partial charge in [-0.1, -0.05) is 104 Å². The molecular weight excluding hydrogens is 364 g/mol. The monoisotopic (exact) mass is 412 g/mol. The fraction of sp³-hybridized carbons (Fsp3) is 0.920. The first-order chi connectivity index (χ1) is 14.1. The molecule has 4 nitrogen and oxygen atoms in total. The van der Waals surface area contributed by atoms with Crippen LogP contribution in [-0.2, 0) is 14.3 Å². The van der Waals surface area contributed by atoms with Gasteiger partial charge in [0.1, 0.15) is 0 Å². The molecule has 0 saturated carbocycles. The summed E-state index contributed by atoms with van der Waals surface area (Å²) < 4.78 is 5.47. The number of hydrogen-bond donors (Lipinski definition) is 1. The van der Waals surface area contributed by atoms with Crippen molar-refractivity contribution >= 4 is 11.9 Å². The van der Waals surface area contributed by atoms with Gasteiger partial charge in [0, 0.05) is 6.42 Å². The molecule has 0 spiro atoms. The van der Waals surface area contributed by atoms with Crippen LogP contribution in [0.2, 0.25) is 0 Å². The van der Waals surface area contributed by atoms with Crippen molar-refractivity contribution < 1.29 is 19.4 Å². The first-order valence-electron chi connectivity index (χ1n) is 12.5. The van der Waals surface area contributed by atoms with Crippen molar-refractivity contribution in [2.24, 2.45) is 5.92 Å². The molecular formula is C25H48O4. The molecule has 0 saturated heterocycles. The first kappa shape index (κ1) is 27.9. The minimum atomic E-state index is -0.785. The SMILES string of the molecule is CCCCCCCCCCC(CCCCCCCC)C(=O)OCCCCC(=O)O. The standard InChI is InChI=1S/C25H48O4/c1-3-5-7-9-11-12-14-16-20-23(19-15-13-10-8-6-4-2)25(28)29-22-18-17-21-24(26)27/h23H,3-22H2,1-2H3,(H,26,27). The fourth-order valence-electron chi connectivity index (χ4n) is 3.74. The molecule has 0 heterocycles. The maximum absolute atomic E-state index is 12.5. The molecule has 29 heavy (non-hydrogen) atoms. The zero-order valence-electron chi connectivity index (χ0n) is 19.4. The van der Waals surface area contributed by atoms with Crippen molar-refractivity contribution in [1.29, 1.82) is 0 Å². The summed E-state index contributed by atoms with van der Waals surface area (Å²) in [5.41, 5.74) is 0. The average molecular weight is 413 g/mol. The van der Waals surface area contributed by atoms with Gasteiger partial charge in [0.2, 0.25) is 0 Å². The Morgan fingerprint density at radius 2 is 1.10 bits per heavy atom. The predicted octanol–water partition coefficient (Wildman–Crippen LogP) is 7.68. The molecule has 0 aliphatic heterocycles. The molecule has 0 aromatic heterocycles. The number of carbonyl (C=O) groups is 2. The Bertz CT molecular complexity index is 381. The van der Waals surface area contributed by atoms with Crippen LogP contribution in [0.15, 0.2) is 0 Å². The molecule has 0 aliphatic carbocycles. The number of carbonyl (C=O) groups excluding carboxylic acids is 1. The molecule has 1 unspecified atom stereocenters. The molecule has 0 amide bonds. The van der Waals surface area contributed by atoms with E-state index in [4.69, 9.17) is 9.84 Å². The Hall–Kier alpha value is -1.06. The number of aliphatic carboxylic acids is 1. The van der Waals surface area contributed by atoms with Gasteiger partial charge in [-0.25, -0.2) is 0 Å². The molecule has 0 aromatic rings. The van der Waals surface area contributed by atoms with Gasteiger partial charge in [-0.15, -0.1) is 0 Å². The van der Waals surface area contributed by atoms with E-state index in [1.54, 1.807) is 0 Å². The summed E-state index contributed by atoms with van der Waals surface area (Å²) in [5, 5.41) is 8.68. The second-order valence-corrected chi connectivity index (χ2v) is 8.54. The topological polar surface area (TPSA) is 63.6 Å². The number of hydrogen-bond acceptors (Lipinski definition) is 3. The quantitative estimate of drug-likeness (QED) is 0.146. The number of ether oxygens (including phenoxy) is 1. The lowest BCUT2D eigenvalue weighted by molar-refractivity contribution is -0.149. The van der Waals surface area contributed by atoms with E-state index in [1.807, 2.05) is 0 Å². The maximum atomic E-state index is 12.5. The smallest absolute Gasteiger partial charge is 0.308 e. The molecule has 1 atom stereocenters. The Morgan fingerprint density at radius 3 is 1.55 bits per heavy atom. The molecule has 0 bridgehead atoms. The Labute approximate surface area is 180 Å². The number of carboxylic acid groups (broad SMARTS) is 1. The largest absolute Gasteiger partial charge is 0.481 e. The van der Waals surface area contributed by atoms with E-state index in [-0.39, 0.29) is 18.3 Å². The lowest BCUT2D eigenvalue weighted by Gasteiger charge is -2.16. The van der Waals surface area contributed by atoms with Crippen LogP contribution < -0.4 is 0 Å². The van der Waals surface area contributed by atoms with Crippen LogP contribution in [0.4, 0.5) is 0 Å². The minimum absolute atomic E-state index is 0.0285. The zero-order chi connectivity index (χ0) is 21.6. The minimum Gasteiger partial charge on any atom is -0.481 e. The van der Waals surface area contributed by atoms with Crippen LogP contribution in [0.3, 0.4) is 0 Å². The molecule has 1 N–H and O–H groups in total. The first-order valence-corrected chi connectivity index (χ1v) is 12.5. The van der Waals surface area contributed by atoms with Gasteiger partial charge >= 0.3 is 11.9 Å². The summed E-state index contributed by atoms with van der Waals surface area (Å²) in [4.78, 5) is 23.1. The molecule has 0 radical (unpaired) electrons. The molecule has 0 rings (SSSR count). The van der Waals surface area contributed by atoms with E-state index in [0.717, 1.165) is 25.7 Å². The Morgan fingerprint density at radius 1 is 0.655 bits per heavy atom. The van der Waals surface area contributed by atoms with Crippen LogP contribution in [-0.4, -0.2) is 23.7 Å². The lowest BCUT2D eigenvalue weighted by atomic mass is 9.94. The third kappa shape index (κ3) is 20.0. The van der Waals surface area contributed by atoms with Crippen molar-refractivity contribution in [2.75, 3.05) is 6.61 Å². The molecule has 0 aliphatic rings. The van der Waals surface area contributed by atoms with E-state index >= 15 is 0 Å². The third-order valence-corrected chi connectivity index (χ3v) is 5.67. The van der Waals surface area contributed by atoms with Crippen LogP contribution >= 0.6 is 0 Å². The molecule has 4 heteroatoms. The second kappa shape index (κ2) is 21.6. The van der Waals surface area contributed by atoms with Crippen molar-refractivity contribution in [1.82, 2.24) is 0 Å². The summed E-state index contributed by atoms with van der Waals surface area (Å²) in [7, 11) is 0. The van der Waals surface area contributed by atoms with Crippen molar-refractivity contribution in [3.8, 4) is 0 Å². The Balaban J connectivity index is 4.06. The van der Waals surface area contributed by atoms with Gasteiger partial charge < -0.3 is 9.84 Å². The summed E-state index contributed by atoms with van der Waals surface area (Å²) in [6, 6.07) is 0. The van der Waals surface area contributed by atoms with Gasteiger partial charge in [-0.05, 0) is 25.7 Å². The number of unbranched alkanes of at least 4 members (excludes halogenated alkanes) is 13. The molecule has 0 aromatic carbocycles. The fourth-order valence-corrected chi connectivity index (χ4v) is 3.74. The number of esters is 1. The van der Waals surface area contributed by atoms with Crippen molar-refractivity contribution in [3.63, 3.8) is 0 Å². The highest BCUT2D eigenvalue weighted by molar-refractivity contribution is 5.72. The highest BCUT2D eigenvalue weighted by Crippen LogP contribution is 2.21. The van der Waals surface area contributed by atoms with E-state index in [2.05, 4.69) is 13.8 Å². The molecule has 172 valence electrons. The highest BCUT2D eigenvalue weighted by Gasteiger charge is 2.19. The molecule has 0 fully saturated rings. The number of carboxylic acids is 1. The van der Waals surface area contributed by atoms with Crippen LogP contribution in [0.1, 0.15) is 136 Å². The van der Waals surface area contributed by atoms with Gasteiger partial charge in [0.15, 0.2) is 0 Å². The summed E-state index contributed by atoms with van der Waals surface area (Å²) in [6.07, 6.45) is 20.9. The van der Waals surface area contributed by atoms with Crippen molar-refractivity contribution in [2.45, 2.75) is 136 Å². The average Bonchev–Trinajstić information content (AvgIpc) is 2.70. The van der Waals surface area contributed by atoms with Crippen LogP contribution in [0.5, 0.6) is 0 Å². The van der Waals surface area contributed by atoms with Gasteiger partial charge in [0.05, 0.1) is 12.5 Å². The third-order valence-electron chi connectivity index (χ3n) is 5.67. The number of rotatable bonds is 22. The van der Waals surface area contributed by atoms with E-state index in [1.165, 1.54) is 77.0 Å². The lowest BCUT2D eigenvalue weighted by Crippen LogP contribution is -2.19. The van der Waals surface area contributed by atoms with Crippen LogP contribution in [0.25, 0.3) is 0 Å². The summed E-state index contributed by atoms with van der Waals surface area (Å²) in [6.45, 7) is 4.83. The summed E-state index contributed by atoms with van der Waals surface area (Å²) in [5.74, 6) is -0.815. The predicted molar refractivity (Wildman–Crippen MR) is 121 cm³/mol. The van der Waals surface area contributed by atoms with E-state index in [9.17, 15) is 9.59 Å². The maximum Gasteiger partial charge on any atom is 0.308 e. The van der Waals surface area contributed by atoms with Crippen LogP contribution in [0, 0.1) is 5.92 Å². The highest BCUT2D eigenvalue weighted by atomic mass is 16.5. The second-order valence-electron chi connectivity index (χ2n) is 8.54. The van der Waals surface area contributed by atoms with E-state index < -0.39 is 5.97 Å². The van der Waals surface area contributed by atoms with Gasteiger partial charge in [-0.2, -0.15) is 0 Å². The normalized spacial score (nSPS) is 12.1. The summed E-state index contributed by atoms with van der Waals surface area (Å²) >= 11 is 0. The zero-order valence-corrected chi connectivity index (χ0v) is 19.4. The Kier molecular flexibility index (Phi) is 20.9. The van der Waals surface area contributed by atoms with Gasteiger partial charge in [0.25, 0.3) is 0 Å². The van der Waals surface area contributed by atoms with Gasteiger partial charge in [-0.3, -0.25) is 9.59 Å².